The summed E-state index contributed by atoms with van der Waals surface area (Å²) in [7, 11) is 0. The maximum Gasteiger partial charge on any atom is 0.435 e. The molecule has 0 radical (unpaired) electrons. The number of rotatable bonds is 9. The van der Waals surface area contributed by atoms with E-state index in [1.807, 2.05) is 36.1 Å². The van der Waals surface area contributed by atoms with Gasteiger partial charge in [-0.2, -0.15) is 13.2 Å². The van der Waals surface area contributed by atoms with Crippen molar-refractivity contribution >= 4 is 12.0 Å². The van der Waals surface area contributed by atoms with Gasteiger partial charge in [-0.3, -0.25) is 0 Å². The lowest BCUT2D eigenvalue weighted by Crippen LogP contribution is -2.36. The van der Waals surface area contributed by atoms with Gasteiger partial charge in [-0.1, -0.05) is 17.3 Å². The SMILES string of the molecule is CCON=Cc1cccc(OCCCC2CCCN(c3ccc(C(F)(F)F)nn3)C2)c1. The molecule has 1 aromatic heterocycles. The average Bonchev–Trinajstić information content (AvgIpc) is 2.77. The molecule has 1 atom stereocenters. The highest BCUT2D eigenvalue weighted by molar-refractivity contribution is 5.79. The van der Waals surface area contributed by atoms with Gasteiger partial charge in [-0.05, 0) is 68.4 Å². The lowest BCUT2D eigenvalue weighted by Gasteiger charge is -2.33. The van der Waals surface area contributed by atoms with Crippen molar-refractivity contribution in [2.45, 2.75) is 38.8 Å². The molecule has 6 nitrogen and oxygen atoms in total. The first-order valence-electron chi connectivity index (χ1n) is 10.5. The van der Waals surface area contributed by atoms with Crippen molar-refractivity contribution < 1.29 is 22.7 Å². The van der Waals surface area contributed by atoms with Gasteiger partial charge >= 0.3 is 6.18 Å². The van der Waals surface area contributed by atoms with E-state index in [0.717, 1.165) is 56.2 Å². The van der Waals surface area contributed by atoms with Crippen LogP contribution in [0.3, 0.4) is 0 Å². The molecule has 168 valence electrons. The van der Waals surface area contributed by atoms with Crippen molar-refractivity contribution in [3.63, 3.8) is 0 Å². The molecule has 9 heteroatoms. The lowest BCUT2D eigenvalue weighted by molar-refractivity contribution is -0.141. The molecule has 3 rings (SSSR count). The first-order valence-corrected chi connectivity index (χ1v) is 10.5. The zero-order valence-corrected chi connectivity index (χ0v) is 17.5. The van der Waals surface area contributed by atoms with E-state index >= 15 is 0 Å². The largest absolute Gasteiger partial charge is 0.494 e. The molecule has 1 unspecified atom stereocenters. The number of nitrogens with zero attached hydrogens (tertiary/aromatic N) is 4. The maximum atomic E-state index is 12.7. The first-order chi connectivity index (χ1) is 15.0. The molecular weight excluding hydrogens is 409 g/mol. The summed E-state index contributed by atoms with van der Waals surface area (Å²) in [5.74, 6) is 1.73. The summed E-state index contributed by atoms with van der Waals surface area (Å²) in [4.78, 5) is 6.99. The summed E-state index contributed by atoms with van der Waals surface area (Å²) in [6, 6.07) is 10.1. The van der Waals surface area contributed by atoms with Gasteiger partial charge < -0.3 is 14.5 Å². The Kier molecular flexibility index (Phi) is 8.08. The van der Waals surface area contributed by atoms with Crippen LogP contribution < -0.4 is 9.64 Å². The monoisotopic (exact) mass is 436 g/mol. The highest BCUT2D eigenvalue weighted by atomic mass is 19.4. The van der Waals surface area contributed by atoms with Gasteiger partial charge in [-0.15, -0.1) is 10.2 Å². The van der Waals surface area contributed by atoms with Gasteiger partial charge in [-0.25, -0.2) is 0 Å². The Morgan fingerprint density at radius 3 is 2.84 bits per heavy atom. The van der Waals surface area contributed by atoms with Crippen LogP contribution in [0.2, 0.25) is 0 Å². The standard InChI is InChI=1S/C22H27F3N4O2/c1-2-31-26-15-18-6-3-9-19(14-18)30-13-5-8-17-7-4-12-29(16-17)21-11-10-20(27-28-21)22(23,24)25/h3,6,9-11,14-15,17H,2,4-5,7-8,12-13,16H2,1H3. The Bertz CT molecular complexity index is 843. The van der Waals surface area contributed by atoms with Gasteiger partial charge in [0.2, 0.25) is 0 Å². The highest BCUT2D eigenvalue weighted by Crippen LogP contribution is 2.29. The van der Waals surface area contributed by atoms with Crippen LogP contribution >= 0.6 is 0 Å². The van der Waals surface area contributed by atoms with Crippen molar-refractivity contribution in [2.75, 3.05) is 31.2 Å². The second-order valence-electron chi connectivity index (χ2n) is 7.44. The van der Waals surface area contributed by atoms with E-state index in [9.17, 15) is 13.2 Å². The molecule has 0 spiro atoms. The van der Waals surface area contributed by atoms with Crippen molar-refractivity contribution in [3.05, 3.63) is 47.7 Å². The molecule has 0 saturated carbocycles. The smallest absolute Gasteiger partial charge is 0.435 e. The molecule has 2 aromatic rings. The molecular formula is C22H27F3N4O2. The van der Waals surface area contributed by atoms with E-state index < -0.39 is 11.9 Å². The van der Waals surface area contributed by atoms with Gasteiger partial charge in [0, 0.05) is 13.1 Å². The second kappa shape index (κ2) is 11.0. The number of hydrogen-bond acceptors (Lipinski definition) is 6. The summed E-state index contributed by atoms with van der Waals surface area (Å²) in [5, 5.41) is 11.0. The highest BCUT2D eigenvalue weighted by Gasteiger charge is 2.33. The van der Waals surface area contributed by atoms with Crippen LogP contribution in [0, 0.1) is 5.92 Å². The van der Waals surface area contributed by atoms with Gasteiger partial charge in [0.25, 0.3) is 0 Å². The molecule has 1 saturated heterocycles. The molecule has 0 bridgehead atoms. The summed E-state index contributed by atoms with van der Waals surface area (Å²) in [6.07, 6.45) is 1.14. The van der Waals surface area contributed by atoms with Gasteiger partial charge in [0.05, 0.1) is 12.8 Å². The number of benzene rings is 1. The molecule has 2 heterocycles. The number of ether oxygens (including phenoxy) is 1. The fourth-order valence-corrected chi connectivity index (χ4v) is 3.57. The minimum atomic E-state index is -4.47. The molecule has 31 heavy (non-hydrogen) atoms. The van der Waals surface area contributed by atoms with E-state index in [1.165, 1.54) is 6.07 Å². The van der Waals surface area contributed by atoms with Crippen molar-refractivity contribution in [1.29, 1.82) is 0 Å². The number of halogens is 3. The predicted octanol–water partition coefficient (Wildman–Crippen LogP) is 4.94. The number of hydrogen-bond donors (Lipinski definition) is 0. The normalized spacial score (nSPS) is 17.2. The fourth-order valence-electron chi connectivity index (χ4n) is 3.57. The van der Waals surface area contributed by atoms with Crippen LogP contribution in [-0.2, 0) is 11.0 Å². The maximum absolute atomic E-state index is 12.7. The zero-order chi connectivity index (χ0) is 22.1. The van der Waals surface area contributed by atoms with E-state index in [2.05, 4.69) is 15.4 Å². The third-order valence-corrected chi connectivity index (χ3v) is 5.07. The molecule has 0 amide bonds. The van der Waals surface area contributed by atoms with E-state index in [-0.39, 0.29) is 0 Å². The minimum Gasteiger partial charge on any atom is -0.494 e. The lowest BCUT2D eigenvalue weighted by atomic mass is 9.93. The van der Waals surface area contributed by atoms with Crippen LogP contribution in [0.25, 0.3) is 0 Å². The topological polar surface area (TPSA) is 59.8 Å². The molecule has 1 fully saturated rings. The van der Waals surface area contributed by atoms with Crippen LogP contribution in [0.5, 0.6) is 5.75 Å². The third kappa shape index (κ3) is 7.11. The Morgan fingerprint density at radius 1 is 1.23 bits per heavy atom. The zero-order valence-electron chi connectivity index (χ0n) is 17.5. The van der Waals surface area contributed by atoms with E-state index in [4.69, 9.17) is 9.57 Å². The van der Waals surface area contributed by atoms with E-state index in [1.54, 1.807) is 6.21 Å². The van der Waals surface area contributed by atoms with Crippen LogP contribution in [0.15, 0.2) is 41.6 Å². The molecule has 0 N–H and O–H groups in total. The predicted molar refractivity (Wildman–Crippen MR) is 112 cm³/mol. The van der Waals surface area contributed by atoms with Crippen LogP contribution in [-0.4, -0.2) is 42.7 Å². The van der Waals surface area contributed by atoms with Crippen molar-refractivity contribution in [1.82, 2.24) is 10.2 Å². The number of piperidine rings is 1. The summed E-state index contributed by atoms with van der Waals surface area (Å²) in [6.45, 7) is 4.55. The molecule has 1 aromatic carbocycles. The third-order valence-electron chi connectivity index (χ3n) is 5.07. The van der Waals surface area contributed by atoms with Crippen molar-refractivity contribution in [3.8, 4) is 5.75 Å². The Labute approximate surface area is 180 Å². The van der Waals surface area contributed by atoms with Crippen molar-refractivity contribution in [2.24, 2.45) is 11.1 Å². The Balaban J connectivity index is 1.43. The van der Waals surface area contributed by atoms with Crippen LogP contribution in [0.4, 0.5) is 19.0 Å². The van der Waals surface area contributed by atoms with Crippen LogP contribution in [0.1, 0.15) is 43.9 Å². The summed E-state index contributed by atoms with van der Waals surface area (Å²) >= 11 is 0. The fraction of sp³-hybridized carbons (Fsp3) is 0.500. The number of anilines is 1. The Hall–Kier alpha value is -2.84. The average molecular weight is 436 g/mol. The first kappa shape index (κ1) is 22.8. The quantitative estimate of drug-likeness (QED) is 0.317. The Morgan fingerprint density at radius 2 is 2.10 bits per heavy atom. The second-order valence-corrected chi connectivity index (χ2v) is 7.44. The molecule has 1 aliphatic heterocycles. The number of oxime groups is 1. The van der Waals surface area contributed by atoms with Gasteiger partial charge in [0.15, 0.2) is 11.5 Å². The summed E-state index contributed by atoms with van der Waals surface area (Å²) < 4.78 is 43.9. The molecule has 1 aliphatic rings. The minimum absolute atomic E-state index is 0.450. The van der Waals surface area contributed by atoms with E-state index in [0.29, 0.717) is 24.9 Å². The molecule has 0 aliphatic carbocycles. The van der Waals surface area contributed by atoms with Gasteiger partial charge in [0.1, 0.15) is 12.4 Å². The summed E-state index contributed by atoms with van der Waals surface area (Å²) in [5.41, 5.74) is -0.0540. The number of aromatic nitrogens is 2. The number of alkyl halides is 3.